The van der Waals surface area contributed by atoms with Gasteiger partial charge in [-0.1, -0.05) is 66.7 Å². The van der Waals surface area contributed by atoms with Gasteiger partial charge in [-0.2, -0.15) is 0 Å². The summed E-state index contributed by atoms with van der Waals surface area (Å²) in [6, 6.07) is 23.7. The van der Waals surface area contributed by atoms with Crippen molar-refractivity contribution in [3.05, 3.63) is 101 Å². The predicted octanol–water partition coefficient (Wildman–Crippen LogP) is 3.60. The maximum atomic E-state index is 12.7. The highest BCUT2D eigenvalue weighted by molar-refractivity contribution is 7.89. The van der Waals surface area contributed by atoms with E-state index < -0.39 is 16.3 Å². The van der Waals surface area contributed by atoms with Crippen molar-refractivity contribution >= 4 is 10.0 Å². The van der Waals surface area contributed by atoms with Gasteiger partial charge < -0.3 is 38.3 Å². The molecule has 13 heteroatoms. The predicted molar refractivity (Wildman–Crippen MR) is 186 cm³/mol. The summed E-state index contributed by atoms with van der Waals surface area (Å²) in [5.74, 6) is 0. The zero-order valence-corrected chi connectivity index (χ0v) is 29.3. The van der Waals surface area contributed by atoms with E-state index in [4.69, 9.17) is 33.2 Å². The molecule has 2 saturated heterocycles. The van der Waals surface area contributed by atoms with E-state index in [1.165, 1.54) is 0 Å². The Kier molecular flexibility index (Phi) is 16.1. The van der Waals surface area contributed by atoms with Crippen LogP contribution in [0.3, 0.4) is 0 Å². The summed E-state index contributed by atoms with van der Waals surface area (Å²) in [5.41, 5.74) is 3.48. The number of sulfonamides is 1. The summed E-state index contributed by atoms with van der Waals surface area (Å²) < 4.78 is 69.7. The molecular formula is C37H50N2O10S. The van der Waals surface area contributed by atoms with Crippen LogP contribution in [0.2, 0.25) is 0 Å². The van der Waals surface area contributed by atoms with Crippen molar-refractivity contribution < 1.29 is 46.7 Å². The van der Waals surface area contributed by atoms with E-state index in [1.54, 1.807) is 30.3 Å². The Balaban J connectivity index is 1.24. The normalized spacial score (nSPS) is 23.1. The van der Waals surface area contributed by atoms with Gasteiger partial charge in [0.1, 0.15) is 0 Å². The molecule has 0 amide bonds. The van der Waals surface area contributed by atoms with Crippen LogP contribution in [0.5, 0.6) is 0 Å². The second-order valence-electron chi connectivity index (χ2n) is 12.1. The second-order valence-corrected chi connectivity index (χ2v) is 13.9. The number of hydrogen-bond acceptors (Lipinski definition) is 11. The molecule has 2 aliphatic rings. The highest BCUT2D eigenvalue weighted by atomic mass is 32.2. The summed E-state index contributed by atoms with van der Waals surface area (Å²) in [6.07, 6.45) is -0.415. The van der Waals surface area contributed by atoms with Crippen molar-refractivity contribution in [3.63, 3.8) is 0 Å². The fraction of sp³-hybridized carbons (Fsp3) is 0.514. The standard InChI is InChI=1S/C37H50N2O10S/c40-29-31-8-10-32(11-9-31)36-26-34(28-39-14-16-43-18-20-45-22-24-47-25-23-46-21-19-44-17-15-39)48-37(49-36)33-12-6-30(7-13-33)27-38-50(41,42)35-4-2-1-3-5-35/h1-13,34,36-38,40H,14-29H2/t34-,36+,37?/m0/s1. The van der Waals surface area contributed by atoms with Crippen LogP contribution < -0.4 is 4.72 Å². The number of aliphatic hydroxyl groups excluding tert-OH is 1. The van der Waals surface area contributed by atoms with Crippen LogP contribution in [0.4, 0.5) is 0 Å². The molecule has 1 unspecified atom stereocenters. The van der Waals surface area contributed by atoms with Gasteiger partial charge in [-0.15, -0.1) is 0 Å². The first-order chi connectivity index (χ1) is 24.5. The fourth-order valence-corrected chi connectivity index (χ4v) is 6.68. The Bertz CT molecular complexity index is 1460. The van der Waals surface area contributed by atoms with Crippen LogP contribution in [-0.4, -0.2) is 110 Å². The molecular weight excluding hydrogens is 664 g/mol. The van der Waals surface area contributed by atoms with E-state index in [-0.39, 0.29) is 30.3 Å². The molecule has 50 heavy (non-hydrogen) atoms. The van der Waals surface area contributed by atoms with E-state index in [9.17, 15) is 13.5 Å². The molecule has 3 atom stereocenters. The van der Waals surface area contributed by atoms with E-state index in [2.05, 4.69) is 9.62 Å². The summed E-state index contributed by atoms with van der Waals surface area (Å²) >= 11 is 0. The maximum absolute atomic E-state index is 12.7. The number of nitrogens with one attached hydrogen (secondary N) is 1. The molecule has 274 valence electrons. The molecule has 0 spiro atoms. The van der Waals surface area contributed by atoms with Crippen LogP contribution >= 0.6 is 0 Å². The monoisotopic (exact) mass is 714 g/mol. The van der Waals surface area contributed by atoms with E-state index in [1.807, 2.05) is 48.5 Å². The number of benzene rings is 3. The summed E-state index contributed by atoms with van der Waals surface area (Å²) in [6.45, 7) is 7.30. The van der Waals surface area contributed by atoms with Crippen molar-refractivity contribution in [2.75, 3.05) is 85.7 Å². The number of aliphatic hydroxyl groups is 1. The topological polar surface area (TPSA) is 134 Å². The van der Waals surface area contributed by atoms with Gasteiger partial charge >= 0.3 is 0 Å². The lowest BCUT2D eigenvalue weighted by atomic mass is 9.99. The molecule has 3 aromatic carbocycles. The molecule has 0 aromatic heterocycles. The Morgan fingerprint density at radius 1 is 0.640 bits per heavy atom. The van der Waals surface area contributed by atoms with Crippen molar-refractivity contribution in [1.29, 1.82) is 0 Å². The Labute approximate surface area is 295 Å². The first kappa shape index (κ1) is 38.4. The van der Waals surface area contributed by atoms with Crippen LogP contribution in [0.15, 0.2) is 83.8 Å². The van der Waals surface area contributed by atoms with Crippen LogP contribution in [0, 0.1) is 0 Å². The second kappa shape index (κ2) is 20.9. The SMILES string of the molecule is O=S(=O)(NCc1ccc(C2O[C@H](CN3CCOCCOCCOCCOCCOCC3)C[C@H](c3ccc(CO)cc3)O2)cc1)c1ccccc1. The average molecular weight is 715 g/mol. The van der Waals surface area contributed by atoms with Gasteiger partial charge in [0.15, 0.2) is 6.29 Å². The number of hydrogen-bond donors (Lipinski definition) is 2. The zero-order chi connectivity index (χ0) is 34.9. The fourth-order valence-electron chi connectivity index (χ4n) is 5.64. The highest BCUT2D eigenvalue weighted by Gasteiger charge is 2.33. The van der Waals surface area contributed by atoms with Gasteiger partial charge in [-0.05, 0) is 28.8 Å². The quantitative estimate of drug-likeness (QED) is 0.337. The molecule has 0 aliphatic carbocycles. The third kappa shape index (κ3) is 12.8. The number of nitrogens with zero attached hydrogens (tertiary/aromatic N) is 1. The smallest absolute Gasteiger partial charge is 0.240 e. The largest absolute Gasteiger partial charge is 0.392 e. The lowest BCUT2D eigenvalue weighted by Crippen LogP contribution is -2.42. The van der Waals surface area contributed by atoms with E-state index in [0.717, 1.165) is 22.3 Å². The van der Waals surface area contributed by atoms with Crippen LogP contribution in [0.1, 0.15) is 41.1 Å². The minimum absolute atomic E-state index is 0.0280. The molecule has 5 rings (SSSR count). The molecule has 2 fully saturated rings. The van der Waals surface area contributed by atoms with Gasteiger partial charge in [-0.3, -0.25) is 4.90 Å². The minimum Gasteiger partial charge on any atom is -0.392 e. The average Bonchev–Trinajstić information content (AvgIpc) is 3.15. The molecule has 2 aliphatic heterocycles. The van der Waals surface area contributed by atoms with Gasteiger partial charge in [0, 0.05) is 38.2 Å². The highest BCUT2D eigenvalue weighted by Crippen LogP contribution is 2.38. The summed E-state index contributed by atoms with van der Waals surface area (Å²) in [4.78, 5) is 2.51. The van der Waals surface area contributed by atoms with Crippen molar-refractivity contribution in [2.45, 2.75) is 43.0 Å². The van der Waals surface area contributed by atoms with Crippen LogP contribution in [0.25, 0.3) is 0 Å². The van der Waals surface area contributed by atoms with Gasteiger partial charge in [0.2, 0.25) is 10.0 Å². The zero-order valence-electron chi connectivity index (χ0n) is 28.5. The molecule has 2 N–H and O–H groups in total. The van der Waals surface area contributed by atoms with Gasteiger partial charge in [-0.25, -0.2) is 13.1 Å². The molecule has 0 radical (unpaired) electrons. The summed E-state index contributed by atoms with van der Waals surface area (Å²) in [7, 11) is -3.63. The lowest BCUT2D eigenvalue weighted by molar-refractivity contribution is -0.253. The lowest BCUT2D eigenvalue weighted by Gasteiger charge is -2.38. The first-order valence-electron chi connectivity index (χ1n) is 17.3. The third-order valence-corrected chi connectivity index (χ3v) is 9.86. The first-order valence-corrected chi connectivity index (χ1v) is 18.7. The van der Waals surface area contributed by atoms with Gasteiger partial charge in [0.05, 0.1) is 89.8 Å². The van der Waals surface area contributed by atoms with E-state index in [0.29, 0.717) is 92.1 Å². The molecule has 0 bridgehead atoms. The van der Waals surface area contributed by atoms with E-state index >= 15 is 0 Å². The van der Waals surface area contributed by atoms with Crippen molar-refractivity contribution in [2.24, 2.45) is 0 Å². The molecule has 0 saturated carbocycles. The minimum atomic E-state index is -3.63. The number of ether oxygens (including phenoxy) is 7. The van der Waals surface area contributed by atoms with Crippen molar-refractivity contribution in [3.8, 4) is 0 Å². The Morgan fingerprint density at radius 3 is 1.72 bits per heavy atom. The summed E-state index contributed by atoms with van der Waals surface area (Å²) in [5, 5.41) is 9.58. The molecule has 3 aromatic rings. The maximum Gasteiger partial charge on any atom is 0.240 e. The van der Waals surface area contributed by atoms with Gasteiger partial charge in [0.25, 0.3) is 0 Å². The molecule has 2 heterocycles. The number of rotatable bonds is 9. The Morgan fingerprint density at radius 2 is 1.16 bits per heavy atom. The molecule has 12 nitrogen and oxygen atoms in total. The van der Waals surface area contributed by atoms with Crippen LogP contribution in [-0.2, 0) is 56.3 Å². The van der Waals surface area contributed by atoms with Crippen molar-refractivity contribution in [1.82, 2.24) is 9.62 Å². The third-order valence-electron chi connectivity index (χ3n) is 8.44. The Hall–Kier alpha value is -2.79.